The van der Waals surface area contributed by atoms with E-state index in [1.54, 1.807) is 0 Å². The van der Waals surface area contributed by atoms with Gasteiger partial charge in [-0.15, -0.1) is 0 Å². The average Bonchev–Trinajstić information content (AvgIpc) is 2.53. The summed E-state index contributed by atoms with van der Waals surface area (Å²) in [6.45, 7) is 4.36. The minimum atomic E-state index is -0.0332. The maximum absolute atomic E-state index is 2.33. The van der Waals surface area contributed by atoms with Crippen LogP contribution in [-0.2, 0) is 10.9 Å². The summed E-state index contributed by atoms with van der Waals surface area (Å²) in [7, 11) is -0.0332. The maximum atomic E-state index is 2.33. The van der Waals surface area contributed by atoms with E-state index in [4.69, 9.17) is 0 Å². The molecule has 0 amide bonds. The minimum Gasteiger partial charge on any atom is -0.0619 e. The topological polar surface area (TPSA) is 0 Å². The van der Waals surface area contributed by atoms with E-state index in [2.05, 4.69) is 92.7 Å². The molecule has 0 saturated carbocycles. The van der Waals surface area contributed by atoms with Crippen LogP contribution in [0, 0.1) is 13.8 Å². The number of hydrogen-bond acceptors (Lipinski definition) is 0. The second-order valence-corrected chi connectivity index (χ2v) is 7.20. The monoisotopic (exact) mass is 291 g/mol. The fraction of sp³-hybridized carbons (Fsp3) is 0.100. The van der Waals surface area contributed by atoms with Crippen LogP contribution in [0.5, 0.6) is 0 Å². The molecular formula is C20H19S+. The Hall–Kier alpha value is -1.99. The Labute approximate surface area is 129 Å². The van der Waals surface area contributed by atoms with Crippen molar-refractivity contribution in [1.29, 1.82) is 0 Å². The molecular weight excluding hydrogens is 272 g/mol. The molecule has 0 spiro atoms. The van der Waals surface area contributed by atoms with Crippen molar-refractivity contribution in [3.8, 4) is 0 Å². The highest BCUT2D eigenvalue weighted by molar-refractivity contribution is 7.97. The van der Waals surface area contributed by atoms with Gasteiger partial charge in [0.15, 0.2) is 14.7 Å². The molecule has 3 rings (SSSR count). The highest BCUT2D eigenvalue weighted by Gasteiger charge is 2.28. The molecule has 0 N–H and O–H groups in total. The molecule has 104 valence electrons. The fourth-order valence-corrected chi connectivity index (χ4v) is 4.54. The molecule has 0 aliphatic heterocycles. The van der Waals surface area contributed by atoms with Crippen molar-refractivity contribution in [2.75, 3.05) is 0 Å². The summed E-state index contributed by atoms with van der Waals surface area (Å²) in [6, 6.07) is 28.4. The molecule has 0 unspecified atom stereocenters. The first-order chi connectivity index (χ1) is 10.3. The van der Waals surface area contributed by atoms with Crippen LogP contribution >= 0.6 is 0 Å². The lowest BCUT2D eigenvalue weighted by Crippen LogP contribution is -2.05. The molecule has 1 heteroatoms. The van der Waals surface area contributed by atoms with E-state index in [0.717, 1.165) is 0 Å². The van der Waals surface area contributed by atoms with Crippen LogP contribution in [0.2, 0.25) is 0 Å². The third kappa shape index (κ3) is 3.03. The van der Waals surface area contributed by atoms with E-state index in [1.165, 1.54) is 25.8 Å². The first kappa shape index (κ1) is 14.0. The molecule has 0 nitrogen and oxygen atoms in total. The summed E-state index contributed by atoms with van der Waals surface area (Å²) in [6.07, 6.45) is 0. The van der Waals surface area contributed by atoms with E-state index in [9.17, 15) is 0 Å². The van der Waals surface area contributed by atoms with Crippen LogP contribution < -0.4 is 0 Å². The fourth-order valence-electron chi connectivity index (χ4n) is 2.36. The van der Waals surface area contributed by atoms with Crippen LogP contribution in [0.1, 0.15) is 11.1 Å². The Bertz CT molecular complexity index is 678. The molecule has 0 radical (unpaired) electrons. The lowest BCUT2D eigenvalue weighted by atomic mass is 10.1. The third-order valence-corrected chi connectivity index (χ3v) is 5.88. The molecule has 0 bridgehead atoms. The van der Waals surface area contributed by atoms with Gasteiger partial charge in [-0.2, -0.15) is 0 Å². The summed E-state index contributed by atoms with van der Waals surface area (Å²) >= 11 is 0. The Morgan fingerprint density at radius 1 is 0.524 bits per heavy atom. The highest BCUT2D eigenvalue weighted by atomic mass is 32.2. The van der Waals surface area contributed by atoms with E-state index < -0.39 is 0 Å². The van der Waals surface area contributed by atoms with Crippen molar-refractivity contribution >= 4 is 10.9 Å². The summed E-state index contributed by atoms with van der Waals surface area (Å²) in [5.74, 6) is 0. The summed E-state index contributed by atoms with van der Waals surface area (Å²) < 4.78 is 0. The zero-order valence-corrected chi connectivity index (χ0v) is 13.2. The SMILES string of the molecule is Cc1ccc([S+](c2ccccc2)c2ccccc2)cc1C. The largest absolute Gasteiger partial charge is 0.166 e. The lowest BCUT2D eigenvalue weighted by molar-refractivity contribution is 1.25. The molecule has 0 aliphatic rings. The smallest absolute Gasteiger partial charge is 0.0619 e. The van der Waals surface area contributed by atoms with E-state index in [1.807, 2.05) is 0 Å². The van der Waals surface area contributed by atoms with Crippen LogP contribution in [0.15, 0.2) is 93.5 Å². The highest BCUT2D eigenvalue weighted by Crippen LogP contribution is 2.31. The second-order valence-electron chi connectivity index (χ2n) is 5.18. The molecule has 0 aliphatic carbocycles. The normalized spacial score (nSPS) is 10.8. The van der Waals surface area contributed by atoms with Gasteiger partial charge in [0.2, 0.25) is 0 Å². The molecule has 3 aromatic rings. The summed E-state index contributed by atoms with van der Waals surface area (Å²) in [4.78, 5) is 4.12. The molecule has 0 heterocycles. The van der Waals surface area contributed by atoms with Crippen molar-refractivity contribution < 1.29 is 0 Å². The van der Waals surface area contributed by atoms with Gasteiger partial charge < -0.3 is 0 Å². The van der Waals surface area contributed by atoms with Gasteiger partial charge in [0.1, 0.15) is 0 Å². The van der Waals surface area contributed by atoms with Crippen molar-refractivity contribution in [3.05, 3.63) is 90.0 Å². The summed E-state index contributed by atoms with van der Waals surface area (Å²) in [5, 5.41) is 0. The van der Waals surface area contributed by atoms with E-state index in [0.29, 0.717) is 0 Å². The van der Waals surface area contributed by atoms with Gasteiger partial charge in [-0.25, -0.2) is 0 Å². The quantitative estimate of drug-likeness (QED) is 0.567. The molecule has 21 heavy (non-hydrogen) atoms. The molecule has 0 fully saturated rings. The van der Waals surface area contributed by atoms with E-state index >= 15 is 0 Å². The Kier molecular flexibility index (Phi) is 4.12. The van der Waals surface area contributed by atoms with Gasteiger partial charge in [-0.3, -0.25) is 0 Å². The Morgan fingerprint density at radius 3 is 1.52 bits per heavy atom. The third-order valence-electron chi connectivity index (χ3n) is 3.67. The summed E-state index contributed by atoms with van der Waals surface area (Å²) in [5.41, 5.74) is 2.71. The van der Waals surface area contributed by atoms with Gasteiger partial charge in [-0.1, -0.05) is 42.5 Å². The molecule has 0 atom stereocenters. The second kappa shape index (κ2) is 6.19. The first-order valence-corrected chi connectivity index (χ1v) is 8.40. The predicted octanol–water partition coefficient (Wildman–Crippen LogP) is 5.40. The predicted molar refractivity (Wildman–Crippen MR) is 91.0 cm³/mol. The van der Waals surface area contributed by atoms with Gasteiger partial charge in [0.05, 0.1) is 10.9 Å². The number of hydrogen-bond donors (Lipinski definition) is 0. The van der Waals surface area contributed by atoms with Crippen molar-refractivity contribution in [2.45, 2.75) is 28.5 Å². The standard InChI is InChI=1S/C20H19S/c1-16-13-14-20(15-17(16)2)21(18-9-5-3-6-10-18)19-11-7-4-8-12-19/h3-15H,1-2H3/q+1. The van der Waals surface area contributed by atoms with Crippen molar-refractivity contribution in [1.82, 2.24) is 0 Å². The Balaban J connectivity index is 2.14. The van der Waals surface area contributed by atoms with Crippen LogP contribution in [-0.4, -0.2) is 0 Å². The van der Waals surface area contributed by atoms with Gasteiger partial charge in [-0.05, 0) is 61.4 Å². The number of benzene rings is 3. The van der Waals surface area contributed by atoms with Crippen LogP contribution in [0.25, 0.3) is 0 Å². The molecule has 0 aromatic heterocycles. The zero-order chi connectivity index (χ0) is 14.7. The first-order valence-electron chi connectivity index (χ1n) is 7.17. The molecule has 0 saturated heterocycles. The van der Waals surface area contributed by atoms with Crippen LogP contribution in [0.3, 0.4) is 0 Å². The van der Waals surface area contributed by atoms with Crippen LogP contribution in [0.4, 0.5) is 0 Å². The Morgan fingerprint density at radius 2 is 1.05 bits per heavy atom. The maximum Gasteiger partial charge on any atom is 0.166 e. The minimum absolute atomic E-state index is 0.0332. The van der Waals surface area contributed by atoms with Crippen molar-refractivity contribution in [3.63, 3.8) is 0 Å². The number of rotatable bonds is 3. The van der Waals surface area contributed by atoms with Gasteiger partial charge in [0.25, 0.3) is 0 Å². The lowest BCUT2D eigenvalue weighted by Gasteiger charge is -2.09. The van der Waals surface area contributed by atoms with Gasteiger partial charge in [0, 0.05) is 0 Å². The van der Waals surface area contributed by atoms with Gasteiger partial charge >= 0.3 is 0 Å². The zero-order valence-electron chi connectivity index (χ0n) is 12.4. The number of aryl methyl sites for hydroxylation is 2. The average molecular weight is 291 g/mol. The molecule has 3 aromatic carbocycles. The van der Waals surface area contributed by atoms with E-state index in [-0.39, 0.29) is 10.9 Å². The van der Waals surface area contributed by atoms with Crippen molar-refractivity contribution in [2.24, 2.45) is 0 Å².